The van der Waals surface area contributed by atoms with Crippen LogP contribution in [0.3, 0.4) is 0 Å². The summed E-state index contributed by atoms with van der Waals surface area (Å²) in [4.78, 5) is 31.8. The van der Waals surface area contributed by atoms with Crippen LogP contribution in [0, 0.1) is 5.92 Å². The Morgan fingerprint density at radius 3 is 2.37 bits per heavy atom. The Hall–Kier alpha value is -1.45. The molecule has 1 amide bonds. The highest BCUT2D eigenvalue weighted by molar-refractivity contribution is 6.18. The summed E-state index contributed by atoms with van der Waals surface area (Å²) in [6.45, 7) is 7.07. The molecule has 2 atom stereocenters. The predicted octanol–water partition coefficient (Wildman–Crippen LogP) is 3.66. The van der Waals surface area contributed by atoms with Crippen LogP contribution in [0.4, 0.5) is 5.69 Å². The normalized spacial score (nSPS) is 12.5. The molecule has 3 N–H and O–H groups in total. The van der Waals surface area contributed by atoms with Gasteiger partial charge in [0, 0.05) is 44.0 Å². The zero-order valence-corrected chi connectivity index (χ0v) is 23.8. The molecule has 12 heteroatoms. The number of nitrogens with zero attached hydrogens (tertiary/aromatic N) is 3. The van der Waals surface area contributed by atoms with Gasteiger partial charge in [0.2, 0.25) is 5.91 Å². The maximum absolute atomic E-state index is 12.5. The summed E-state index contributed by atoms with van der Waals surface area (Å²) in [7, 11) is 1.94. The lowest BCUT2D eigenvalue weighted by molar-refractivity contribution is -0.147. The monoisotopic (exact) mass is 571 g/mol. The molecule has 0 bridgehead atoms. The molecule has 0 fully saturated rings. The number of hydrogen-bond acceptors (Lipinski definition) is 6. The molecule has 1 aromatic heterocycles. The molecule has 0 aliphatic rings. The summed E-state index contributed by atoms with van der Waals surface area (Å²) in [6.07, 6.45) is 0.832. The maximum Gasteiger partial charge on any atom is 0.328 e. The molecule has 1 heterocycles. The van der Waals surface area contributed by atoms with E-state index in [0.717, 1.165) is 22.5 Å². The fourth-order valence-corrected chi connectivity index (χ4v) is 3.98. The topological polar surface area (TPSA) is 102 Å². The summed E-state index contributed by atoms with van der Waals surface area (Å²) in [5, 5.41) is 2.75. The van der Waals surface area contributed by atoms with Gasteiger partial charge in [-0.15, -0.1) is 48.0 Å². The number of ether oxygens (including phenoxy) is 1. The van der Waals surface area contributed by atoms with Crippen molar-refractivity contribution in [3.8, 4) is 0 Å². The molecule has 2 aromatic rings. The van der Waals surface area contributed by atoms with Crippen LogP contribution in [0.5, 0.6) is 0 Å². The van der Waals surface area contributed by atoms with Crippen molar-refractivity contribution in [1.82, 2.24) is 14.9 Å². The van der Waals surface area contributed by atoms with Crippen molar-refractivity contribution in [3.63, 3.8) is 0 Å². The molecule has 1 aromatic carbocycles. The molecule has 2 rings (SSSR count). The van der Waals surface area contributed by atoms with Crippen LogP contribution >= 0.6 is 48.0 Å². The van der Waals surface area contributed by atoms with E-state index in [-0.39, 0.29) is 43.2 Å². The summed E-state index contributed by atoms with van der Waals surface area (Å²) < 4.78 is 7.16. The number of nitrogens with one attached hydrogen (secondary N) is 1. The minimum Gasteiger partial charge on any atom is -0.464 e. The van der Waals surface area contributed by atoms with Gasteiger partial charge >= 0.3 is 5.97 Å². The zero-order valence-electron chi connectivity index (χ0n) is 20.6. The average molecular weight is 573 g/mol. The van der Waals surface area contributed by atoms with E-state index in [2.05, 4.69) is 10.2 Å². The lowest BCUT2D eigenvalue weighted by atomic mass is 10.0. The maximum atomic E-state index is 12.5. The fourth-order valence-electron chi connectivity index (χ4n) is 3.57. The Morgan fingerprint density at radius 2 is 1.83 bits per heavy atom. The molecular formula is C23H37Cl4N5O3. The van der Waals surface area contributed by atoms with Gasteiger partial charge in [0.15, 0.2) is 0 Å². The highest BCUT2D eigenvalue weighted by atomic mass is 35.5. The highest BCUT2D eigenvalue weighted by Gasteiger charge is 2.26. The van der Waals surface area contributed by atoms with E-state index < -0.39 is 18.1 Å². The van der Waals surface area contributed by atoms with Gasteiger partial charge in [0.05, 0.1) is 23.7 Å². The lowest BCUT2D eigenvalue weighted by Gasteiger charge is -2.22. The van der Waals surface area contributed by atoms with E-state index in [1.54, 1.807) is 6.92 Å². The number of carbonyl (C=O) groups excluding carboxylic acids is 2. The van der Waals surface area contributed by atoms with E-state index in [1.807, 2.05) is 43.7 Å². The third-order valence-corrected chi connectivity index (χ3v) is 5.93. The van der Waals surface area contributed by atoms with Gasteiger partial charge in [-0.25, -0.2) is 9.78 Å². The van der Waals surface area contributed by atoms with Crippen LogP contribution in [-0.2, 0) is 27.8 Å². The number of carbonyl (C=O) groups is 2. The number of anilines is 1. The Morgan fingerprint density at radius 1 is 1.20 bits per heavy atom. The minimum absolute atomic E-state index is 0. The first-order chi connectivity index (χ1) is 15.7. The standard InChI is InChI=1S/C23H35Cl2N5O3.2ClH/c1-5-33-23(32)17(28-22(31)21(26)15(2)3)7-9-20-27-18-14-16(6-8-19(18)29(20)4)30(12-10-24)13-11-25;;/h6,8,14-15,17,21H,5,7,9-13,26H2,1-4H3,(H,28,31);2*1H. The number of hydrogen-bond donors (Lipinski definition) is 2. The van der Waals surface area contributed by atoms with E-state index in [1.165, 1.54) is 0 Å². The van der Waals surface area contributed by atoms with Crippen molar-refractivity contribution >= 4 is 76.6 Å². The Balaban J connectivity index is 0.00000578. The quantitative estimate of drug-likeness (QED) is 0.280. The lowest BCUT2D eigenvalue weighted by Crippen LogP contribution is -2.50. The molecular weight excluding hydrogens is 536 g/mol. The average Bonchev–Trinajstić information content (AvgIpc) is 3.10. The van der Waals surface area contributed by atoms with Crippen molar-refractivity contribution in [2.24, 2.45) is 18.7 Å². The second-order valence-electron chi connectivity index (χ2n) is 8.25. The summed E-state index contributed by atoms with van der Waals surface area (Å²) >= 11 is 11.9. The van der Waals surface area contributed by atoms with Crippen molar-refractivity contribution < 1.29 is 14.3 Å². The SMILES string of the molecule is CCOC(=O)C(CCc1nc2cc(N(CCCl)CCCl)ccc2n1C)NC(=O)C(N)C(C)C.Cl.Cl. The summed E-state index contributed by atoms with van der Waals surface area (Å²) in [6, 6.07) is 4.58. The smallest absolute Gasteiger partial charge is 0.328 e. The van der Waals surface area contributed by atoms with Crippen LogP contribution in [0.25, 0.3) is 11.0 Å². The third-order valence-electron chi connectivity index (χ3n) is 5.60. The first kappa shape index (κ1) is 33.5. The Labute approximate surface area is 230 Å². The van der Waals surface area contributed by atoms with Crippen LogP contribution in [0.2, 0.25) is 0 Å². The van der Waals surface area contributed by atoms with Gasteiger partial charge in [-0.3, -0.25) is 4.79 Å². The molecule has 0 aliphatic heterocycles. The highest BCUT2D eigenvalue weighted by Crippen LogP contribution is 2.23. The third kappa shape index (κ3) is 9.17. The molecule has 200 valence electrons. The van der Waals surface area contributed by atoms with E-state index >= 15 is 0 Å². The second-order valence-corrected chi connectivity index (χ2v) is 9.00. The Kier molecular flexibility index (Phi) is 15.6. The van der Waals surface area contributed by atoms with Crippen molar-refractivity contribution in [1.29, 1.82) is 0 Å². The van der Waals surface area contributed by atoms with Gasteiger partial charge < -0.3 is 25.3 Å². The molecule has 0 radical (unpaired) electrons. The number of amides is 1. The number of rotatable bonds is 13. The first-order valence-electron chi connectivity index (χ1n) is 11.3. The zero-order chi connectivity index (χ0) is 24.5. The predicted molar refractivity (Wildman–Crippen MR) is 149 cm³/mol. The van der Waals surface area contributed by atoms with Crippen molar-refractivity contribution in [3.05, 3.63) is 24.0 Å². The van der Waals surface area contributed by atoms with Gasteiger partial charge in [-0.05, 0) is 37.5 Å². The number of esters is 1. The number of imidazole rings is 1. The molecule has 35 heavy (non-hydrogen) atoms. The van der Waals surface area contributed by atoms with E-state index in [0.29, 0.717) is 37.7 Å². The second kappa shape index (κ2) is 16.3. The number of nitrogens with two attached hydrogens (primary N) is 1. The minimum atomic E-state index is -0.791. The number of halogens is 4. The van der Waals surface area contributed by atoms with Gasteiger partial charge in [0.25, 0.3) is 0 Å². The van der Waals surface area contributed by atoms with Crippen molar-refractivity contribution in [2.75, 3.05) is 36.4 Å². The van der Waals surface area contributed by atoms with Gasteiger partial charge in [0.1, 0.15) is 11.9 Å². The van der Waals surface area contributed by atoms with Gasteiger partial charge in [-0.1, -0.05) is 13.8 Å². The molecule has 0 spiro atoms. The molecule has 2 unspecified atom stereocenters. The van der Waals surface area contributed by atoms with Gasteiger partial charge in [-0.2, -0.15) is 0 Å². The number of aryl methyl sites for hydroxylation is 2. The Bertz CT molecular complexity index is 935. The number of aromatic nitrogens is 2. The van der Waals surface area contributed by atoms with Crippen LogP contribution in [-0.4, -0.2) is 65.0 Å². The summed E-state index contributed by atoms with van der Waals surface area (Å²) in [5.41, 5.74) is 8.77. The largest absolute Gasteiger partial charge is 0.464 e. The molecule has 0 saturated heterocycles. The summed E-state index contributed by atoms with van der Waals surface area (Å²) in [5.74, 6) is 0.935. The van der Waals surface area contributed by atoms with Crippen molar-refractivity contribution in [2.45, 2.75) is 45.7 Å². The van der Waals surface area contributed by atoms with E-state index in [9.17, 15) is 9.59 Å². The number of benzene rings is 1. The first-order valence-corrected chi connectivity index (χ1v) is 12.3. The molecule has 0 saturated carbocycles. The number of alkyl halides is 2. The van der Waals surface area contributed by atoms with Crippen LogP contribution < -0.4 is 16.0 Å². The van der Waals surface area contributed by atoms with Crippen LogP contribution in [0.1, 0.15) is 33.0 Å². The van der Waals surface area contributed by atoms with Crippen LogP contribution in [0.15, 0.2) is 18.2 Å². The van der Waals surface area contributed by atoms with E-state index in [4.69, 9.17) is 38.7 Å². The molecule has 0 aliphatic carbocycles. The molecule has 8 nitrogen and oxygen atoms in total. The fraction of sp³-hybridized carbons (Fsp3) is 0.609. The number of fused-ring (bicyclic) bond motifs is 1.